The molecule has 0 bridgehead atoms. The summed E-state index contributed by atoms with van der Waals surface area (Å²) >= 11 is 1.65. The number of rotatable bonds is 13. The van der Waals surface area contributed by atoms with E-state index in [1.807, 2.05) is 31.2 Å². The van der Waals surface area contributed by atoms with E-state index in [0.717, 1.165) is 47.1 Å². The number of fused-ring (bicyclic) bond motifs is 1. The molecule has 224 valence electrons. The maximum absolute atomic E-state index is 13.0. The van der Waals surface area contributed by atoms with Crippen LogP contribution in [0, 0.1) is 0 Å². The Morgan fingerprint density at radius 2 is 1.88 bits per heavy atom. The van der Waals surface area contributed by atoms with Gasteiger partial charge in [0.2, 0.25) is 6.61 Å². The van der Waals surface area contributed by atoms with Crippen LogP contribution in [0.3, 0.4) is 0 Å². The molecule has 2 amide bonds. The summed E-state index contributed by atoms with van der Waals surface area (Å²) in [5.74, 6) is 0.612. The van der Waals surface area contributed by atoms with Gasteiger partial charge in [-0.1, -0.05) is 67.9 Å². The number of carbonyl (C=O) groups excluding carboxylic acids is 1. The lowest BCUT2D eigenvalue weighted by Gasteiger charge is -2.17. The number of oxime groups is 1. The molecule has 1 aromatic heterocycles. The molecule has 1 aliphatic rings. The monoisotopic (exact) mass is 613 g/mol. The fraction of sp³-hybridized carbons (Fsp3) is 0.379. The first-order chi connectivity index (χ1) is 20.2. The van der Waals surface area contributed by atoms with Crippen LogP contribution in [0.1, 0.15) is 56.6 Å². The number of imidazole rings is 1. The second-order valence-electron chi connectivity index (χ2n) is 9.73. The Balaban J connectivity index is 1.63. The van der Waals surface area contributed by atoms with Crippen LogP contribution in [-0.4, -0.2) is 59.7 Å². The molecule has 0 aliphatic carbocycles. The van der Waals surface area contributed by atoms with Crippen molar-refractivity contribution in [1.82, 2.24) is 19.6 Å². The van der Waals surface area contributed by atoms with E-state index in [9.17, 15) is 18.0 Å². The van der Waals surface area contributed by atoms with Gasteiger partial charge in [0.25, 0.3) is 10.0 Å². The van der Waals surface area contributed by atoms with Crippen molar-refractivity contribution in [3.05, 3.63) is 65.6 Å². The largest absolute Gasteiger partial charge is 0.479 e. The Morgan fingerprint density at radius 3 is 2.60 bits per heavy atom. The predicted octanol–water partition coefficient (Wildman–Crippen LogP) is 4.64. The van der Waals surface area contributed by atoms with Crippen LogP contribution in [0.4, 0.5) is 4.79 Å². The summed E-state index contributed by atoms with van der Waals surface area (Å²) in [6.45, 7) is 4.36. The van der Waals surface area contributed by atoms with E-state index in [4.69, 9.17) is 14.9 Å². The molecule has 13 heteroatoms. The number of amides is 2. The molecule has 1 aliphatic heterocycles. The van der Waals surface area contributed by atoms with Gasteiger partial charge in [-0.05, 0) is 30.0 Å². The predicted molar refractivity (Wildman–Crippen MR) is 161 cm³/mol. The van der Waals surface area contributed by atoms with Crippen LogP contribution in [0.2, 0.25) is 0 Å². The maximum Gasteiger partial charge on any atom is 0.344 e. The van der Waals surface area contributed by atoms with E-state index in [1.165, 1.54) is 6.07 Å². The normalized spacial score (nSPS) is 13.9. The zero-order valence-corrected chi connectivity index (χ0v) is 25.3. The zero-order valence-electron chi connectivity index (χ0n) is 23.6. The van der Waals surface area contributed by atoms with Crippen LogP contribution < -0.4 is 10.0 Å². The number of carbonyl (C=O) groups is 2. The molecule has 11 nitrogen and oxygen atoms in total. The summed E-state index contributed by atoms with van der Waals surface area (Å²) in [5, 5.41) is 16.5. The number of aliphatic carboxylic acids is 1. The smallest absolute Gasteiger partial charge is 0.344 e. The van der Waals surface area contributed by atoms with Gasteiger partial charge in [0, 0.05) is 37.2 Å². The molecule has 42 heavy (non-hydrogen) atoms. The third kappa shape index (κ3) is 7.71. The van der Waals surface area contributed by atoms with Gasteiger partial charge in [-0.25, -0.2) is 27.7 Å². The van der Waals surface area contributed by atoms with Crippen molar-refractivity contribution in [2.75, 3.05) is 18.9 Å². The Hall–Kier alpha value is -3.84. The van der Waals surface area contributed by atoms with Gasteiger partial charge < -0.3 is 19.8 Å². The van der Waals surface area contributed by atoms with E-state index in [2.05, 4.69) is 26.7 Å². The average molecular weight is 614 g/mol. The number of carboxylic acids is 1. The second kappa shape index (κ2) is 14.4. The number of sulfonamides is 1. The molecule has 0 spiro atoms. The standard InChI is InChI=1S/C29H35N5O6S2/c1-3-5-10-25-31-28-27(23(15-17-41-28)32-40-19-26(35)36)34(25)18-20-11-13-21(14-12-20)22-8-6-7-9-24(22)42(38,39)33-29(37)30-16-4-2/h6-9,11-14H,3-5,10,15-19H2,1-2H3,(H,35,36)(H2,30,33,37). The van der Waals surface area contributed by atoms with Crippen molar-refractivity contribution in [2.24, 2.45) is 5.16 Å². The average Bonchev–Trinajstić information content (AvgIpc) is 3.32. The molecule has 3 aromatic rings. The van der Waals surface area contributed by atoms with E-state index in [1.54, 1.807) is 30.0 Å². The first kappa shape index (κ1) is 31.1. The molecule has 4 rings (SSSR count). The number of urea groups is 1. The van der Waals surface area contributed by atoms with Crippen LogP contribution in [0.25, 0.3) is 11.1 Å². The zero-order chi connectivity index (χ0) is 30.1. The molecule has 0 radical (unpaired) electrons. The van der Waals surface area contributed by atoms with Crippen molar-refractivity contribution in [1.29, 1.82) is 0 Å². The van der Waals surface area contributed by atoms with Crippen molar-refractivity contribution >= 4 is 39.5 Å². The first-order valence-electron chi connectivity index (χ1n) is 13.9. The van der Waals surface area contributed by atoms with Crippen LogP contribution in [0.5, 0.6) is 0 Å². The number of aryl methyl sites for hydroxylation is 1. The highest BCUT2D eigenvalue weighted by Crippen LogP contribution is 2.33. The minimum atomic E-state index is -4.10. The SMILES string of the molecule is CCCCc1nc2c(n1Cc1ccc(-c3ccccc3S(=O)(=O)NC(=O)NCCC)cc1)C(=NOCC(=O)O)CCS2. The van der Waals surface area contributed by atoms with Gasteiger partial charge in [-0.3, -0.25) is 0 Å². The number of nitrogens with zero attached hydrogens (tertiary/aromatic N) is 3. The molecular formula is C29H35N5O6S2. The Labute approximate surface area is 249 Å². The fourth-order valence-electron chi connectivity index (χ4n) is 4.53. The second-order valence-corrected chi connectivity index (χ2v) is 12.5. The molecule has 0 saturated heterocycles. The van der Waals surface area contributed by atoms with Crippen molar-refractivity contribution in [2.45, 2.75) is 62.4 Å². The number of benzene rings is 2. The van der Waals surface area contributed by atoms with Gasteiger partial charge in [-0.15, -0.1) is 11.8 Å². The molecular weight excluding hydrogens is 578 g/mol. The van der Waals surface area contributed by atoms with E-state index in [0.29, 0.717) is 42.8 Å². The Bertz CT molecular complexity index is 1550. The fourth-order valence-corrected chi connectivity index (χ4v) is 6.71. The minimum Gasteiger partial charge on any atom is -0.479 e. The number of carboxylic acid groups (broad SMARTS) is 1. The third-order valence-electron chi connectivity index (χ3n) is 6.53. The Kier molecular flexibility index (Phi) is 10.6. The number of hydrogen-bond acceptors (Lipinski definition) is 8. The molecule has 2 heterocycles. The van der Waals surface area contributed by atoms with E-state index >= 15 is 0 Å². The minimum absolute atomic E-state index is 0.00849. The van der Waals surface area contributed by atoms with Crippen LogP contribution in [0.15, 0.2) is 63.6 Å². The van der Waals surface area contributed by atoms with Gasteiger partial charge >= 0.3 is 12.0 Å². The highest BCUT2D eigenvalue weighted by atomic mass is 32.2. The number of hydrogen-bond donors (Lipinski definition) is 3. The van der Waals surface area contributed by atoms with Crippen LogP contribution >= 0.6 is 11.8 Å². The summed E-state index contributed by atoms with van der Waals surface area (Å²) in [5.41, 5.74) is 3.65. The van der Waals surface area contributed by atoms with E-state index < -0.39 is 28.6 Å². The lowest BCUT2D eigenvalue weighted by Crippen LogP contribution is -2.39. The summed E-state index contributed by atoms with van der Waals surface area (Å²) < 4.78 is 30.3. The summed E-state index contributed by atoms with van der Waals surface area (Å²) in [7, 11) is -4.10. The van der Waals surface area contributed by atoms with Crippen LogP contribution in [-0.2, 0) is 32.6 Å². The van der Waals surface area contributed by atoms with Gasteiger partial charge in [-0.2, -0.15) is 0 Å². The number of aromatic nitrogens is 2. The number of thioether (sulfide) groups is 1. The van der Waals surface area contributed by atoms with Crippen molar-refractivity contribution < 1.29 is 28.0 Å². The summed E-state index contributed by atoms with van der Waals surface area (Å²) in [6.07, 6.45) is 4.08. The number of nitrogens with one attached hydrogen (secondary N) is 2. The molecule has 0 atom stereocenters. The first-order valence-corrected chi connectivity index (χ1v) is 16.3. The van der Waals surface area contributed by atoms with Gasteiger partial charge in [0.1, 0.15) is 22.3 Å². The number of unbranched alkanes of at least 4 members (excludes halogenated alkanes) is 1. The summed E-state index contributed by atoms with van der Waals surface area (Å²) in [6, 6.07) is 13.4. The van der Waals surface area contributed by atoms with Crippen molar-refractivity contribution in [3.8, 4) is 11.1 Å². The van der Waals surface area contributed by atoms with Crippen molar-refractivity contribution in [3.63, 3.8) is 0 Å². The van der Waals surface area contributed by atoms with Gasteiger partial charge in [0.15, 0.2) is 0 Å². The lowest BCUT2D eigenvalue weighted by molar-refractivity contribution is -0.142. The van der Waals surface area contributed by atoms with Gasteiger partial charge in [0.05, 0.1) is 4.90 Å². The van der Waals surface area contributed by atoms with E-state index in [-0.39, 0.29) is 4.90 Å². The highest BCUT2D eigenvalue weighted by molar-refractivity contribution is 7.99. The topological polar surface area (TPSA) is 152 Å². The Morgan fingerprint density at radius 1 is 1.12 bits per heavy atom. The quantitative estimate of drug-likeness (QED) is 0.236. The summed E-state index contributed by atoms with van der Waals surface area (Å²) in [4.78, 5) is 33.0. The molecule has 0 unspecified atom stereocenters. The molecule has 0 fully saturated rings. The lowest BCUT2D eigenvalue weighted by atomic mass is 10.0. The highest BCUT2D eigenvalue weighted by Gasteiger charge is 2.26. The molecule has 0 saturated carbocycles. The molecule has 2 aromatic carbocycles. The maximum atomic E-state index is 13.0. The molecule has 3 N–H and O–H groups in total. The third-order valence-corrected chi connectivity index (χ3v) is 8.88.